The molecule has 5 nitrogen and oxygen atoms in total. The predicted molar refractivity (Wildman–Crippen MR) is 109 cm³/mol. The number of hydrogen-bond donors (Lipinski definition) is 1. The van der Waals surface area contributed by atoms with E-state index in [1.165, 1.54) is 16.7 Å². The molecule has 2 unspecified atom stereocenters. The number of nitrogens with zero attached hydrogens (tertiary/aromatic N) is 1. The van der Waals surface area contributed by atoms with E-state index in [2.05, 4.69) is 5.32 Å². The van der Waals surface area contributed by atoms with Crippen LogP contribution in [-0.4, -0.2) is 35.3 Å². The maximum atomic E-state index is 13.0. The summed E-state index contributed by atoms with van der Waals surface area (Å²) in [6, 6.07) is 13.0. The molecule has 2 amide bonds. The zero-order valence-electron chi connectivity index (χ0n) is 14.5. The van der Waals surface area contributed by atoms with Crippen molar-refractivity contribution in [2.45, 2.75) is 18.3 Å². The summed E-state index contributed by atoms with van der Waals surface area (Å²) in [5.74, 6) is 0.00812. The van der Waals surface area contributed by atoms with Gasteiger partial charge >= 0.3 is 12.0 Å². The Kier molecular flexibility index (Phi) is 6.52. The summed E-state index contributed by atoms with van der Waals surface area (Å²) in [7, 11) is 0. The molecule has 3 rings (SSSR count). The SMILES string of the molecule is CCOC(=O)C1CSC(c2ccccc2Cl)N1C(=O)Nc1ccc(Cl)cc1. The number of ether oxygens (including phenoxy) is 1. The topological polar surface area (TPSA) is 58.6 Å². The van der Waals surface area contributed by atoms with E-state index in [0.29, 0.717) is 21.5 Å². The van der Waals surface area contributed by atoms with Gasteiger partial charge in [0.1, 0.15) is 11.4 Å². The summed E-state index contributed by atoms with van der Waals surface area (Å²) in [6.07, 6.45) is 0. The van der Waals surface area contributed by atoms with Crippen LogP contribution in [0, 0.1) is 0 Å². The second kappa shape index (κ2) is 8.87. The lowest BCUT2D eigenvalue weighted by Gasteiger charge is -2.29. The fourth-order valence-corrected chi connectivity index (χ4v) is 4.69. The van der Waals surface area contributed by atoms with Crippen molar-refractivity contribution >= 4 is 52.7 Å². The van der Waals surface area contributed by atoms with Crippen LogP contribution in [0.5, 0.6) is 0 Å². The van der Waals surface area contributed by atoms with Gasteiger partial charge in [0.25, 0.3) is 0 Å². The third-order valence-corrected chi connectivity index (χ3v) is 5.96. The standard InChI is InChI=1S/C19H18Cl2N2O3S/c1-2-26-18(24)16-11-27-17(14-5-3-4-6-15(14)21)23(16)19(25)22-13-9-7-12(20)8-10-13/h3-10,16-17H,2,11H2,1H3,(H,22,25). The summed E-state index contributed by atoms with van der Waals surface area (Å²) < 4.78 is 5.16. The fourth-order valence-electron chi connectivity index (χ4n) is 2.81. The van der Waals surface area contributed by atoms with E-state index >= 15 is 0 Å². The zero-order chi connectivity index (χ0) is 19.4. The van der Waals surface area contributed by atoms with Gasteiger partial charge in [0.2, 0.25) is 0 Å². The number of esters is 1. The maximum absolute atomic E-state index is 13.0. The molecule has 0 spiro atoms. The van der Waals surface area contributed by atoms with E-state index in [4.69, 9.17) is 27.9 Å². The minimum absolute atomic E-state index is 0.253. The third-order valence-electron chi connectivity index (χ3n) is 4.06. The van der Waals surface area contributed by atoms with Crippen LogP contribution in [0.3, 0.4) is 0 Å². The van der Waals surface area contributed by atoms with Crippen molar-refractivity contribution in [3.63, 3.8) is 0 Å². The molecule has 0 radical (unpaired) electrons. The normalized spacial score (nSPS) is 19.0. The molecule has 1 aliphatic heterocycles. The average Bonchev–Trinajstić information content (AvgIpc) is 3.09. The molecule has 2 aromatic carbocycles. The van der Waals surface area contributed by atoms with Crippen molar-refractivity contribution in [2.75, 3.05) is 17.7 Å². The summed E-state index contributed by atoms with van der Waals surface area (Å²) in [5, 5.41) is 3.55. The van der Waals surface area contributed by atoms with Crippen LogP contribution in [0.1, 0.15) is 17.9 Å². The van der Waals surface area contributed by atoms with Crippen LogP contribution in [0.15, 0.2) is 48.5 Å². The first-order chi connectivity index (χ1) is 13.0. The second-order valence-electron chi connectivity index (χ2n) is 5.82. The van der Waals surface area contributed by atoms with Gasteiger partial charge in [0.05, 0.1) is 6.61 Å². The number of rotatable bonds is 4. The summed E-state index contributed by atoms with van der Waals surface area (Å²) in [5.41, 5.74) is 1.36. The summed E-state index contributed by atoms with van der Waals surface area (Å²) in [6.45, 7) is 1.99. The third kappa shape index (κ3) is 4.51. The van der Waals surface area contributed by atoms with Crippen LogP contribution >= 0.6 is 35.0 Å². The Balaban J connectivity index is 1.89. The van der Waals surface area contributed by atoms with Crippen molar-refractivity contribution in [3.8, 4) is 0 Å². The molecule has 1 heterocycles. The van der Waals surface area contributed by atoms with E-state index in [0.717, 1.165) is 5.56 Å². The Morgan fingerprint density at radius 3 is 2.56 bits per heavy atom. The molecule has 8 heteroatoms. The van der Waals surface area contributed by atoms with Crippen LogP contribution in [0.4, 0.5) is 10.5 Å². The molecule has 1 saturated heterocycles. The highest BCUT2D eigenvalue weighted by Crippen LogP contribution is 2.44. The molecule has 27 heavy (non-hydrogen) atoms. The molecule has 0 bridgehead atoms. The van der Waals surface area contributed by atoms with E-state index < -0.39 is 18.0 Å². The number of nitrogens with one attached hydrogen (secondary N) is 1. The van der Waals surface area contributed by atoms with Crippen LogP contribution in [0.25, 0.3) is 0 Å². The van der Waals surface area contributed by atoms with Crippen LogP contribution < -0.4 is 5.32 Å². The molecule has 1 fully saturated rings. The van der Waals surface area contributed by atoms with Gasteiger partial charge in [-0.3, -0.25) is 4.90 Å². The van der Waals surface area contributed by atoms with Gasteiger partial charge in [-0.1, -0.05) is 41.4 Å². The lowest BCUT2D eigenvalue weighted by molar-refractivity contribution is -0.147. The Hall–Kier alpha value is -1.89. The first-order valence-electron chi connectivity index (χ1n) is 8.38. The van der Waals surface area contributed by atoms with Gasteiger partial charge in [0, 0.05) is 27.0 Å². The number of thioether (sulfide) groups is 1. The number of carbonyl (C=O) groups is 2. The molecule has 2 aromatic rings. The molecule has 0 aliphatic carbocycles. The fraction of sp³-hybridized carbons (Fsp3) is 0.263. The smallest absolute Gasteiger partial charge is 0.329 e. The zero-order valence-corrected chi connectivity index (χ0v) is 16.9. The molecular weight excluding hydrogens is 407 g/mol. The van der Waals surface area contributed by atoms with Gasteiger partial charge in [-0.15, -0.1) is 11.8 Å². The molecule has 2 atom stereocenters. The minimum atomic E-state index is -0.691. The lowest BCUT2D eigenvalue weighted by atomic mass is 10.2. The molecule has 0 saturated carbocycles. The first-order valence-corrected chi connectivity index (χ1v) is 10.2. The molecule has 142 valence electrons. The van der Waals surface area contributed by atoms with Crippen molar-refractivity contribution in [3.05, 3.63) is 64.1 Å². The van der Waals surface area contributed by atoms with E-state index in [1.54, 1.807) is 37.3 Å². The molecular formula is C19H18Cl2N2O3S. The van der Waals surface area contributed by atoms with Crippen molar-refractivity contribution in [1.29, 1.82) is 0 Å². The number of anilines is 1. The van der Waals surface area contributed by atoms with E-state index in [9.17, 15) is 9.59 Å². The number of halogens is 2. The number of carbonyl (C=O) groups excluding carboxylic acids is 2. The highest BCUT2D eigenvalue weighted by atomic mass is 35.5. The van der Waals surface area contributed by atoms with Gasteiger partial charge in [-0.2, -0.15) is 0 Å². The number of benzene rings is 2. The van der Waals surface area contributed by atoms with Gasteiger partial charge in [-0.05, 0) is 37.3 Å². The Morgan fingerprint density at radius 1 is 1.19 bits per heavy atom. The quantitative estimate of drug-likeness (QED) is 0.684. The number of urea groups is 1. The predicted octanol–water partition coefficient (Wildman–Crippen LogP) is 5.20. The molecule has 1 aliphatic rings. The largest absolute Gasteiger partial charge is 0.464 e. The number of amides is 2. The number of hydrogen-bond acceptors (Lipinski definition) is 4. The van der Waals surface area contributed by atoms with Crippen molar-refractivity contribution in [2.24, 2.45) is 0 Å². The minimum Gasteiger partial charge on any atom is -0.464 e. The highest BCUT2D eigenvalue weighted by Gasteiger charge is 2.43. The highest BCUT2D eigenvalue weighted by molar-refractivity contribution is 7.99. The molecule has 1 N–H and O–H groups in total. The first kappa shape index (κ1) is 19.9. The average molecular weight is 425 g/mol. The van der Waals surface area contributed by atoms with Gasteiger partial charge in [0.15, 0.2) is 0 Å². The Morgan fingerprint density at radius 2 is 1.89 bits per heavy atom. The summed E-state index contributed by atoms with van der Waals surface area (Å²) in [4.78, 5) is 26.9. The molecule has 0 aromatic heterocycles. The van der Waals surface area contributed by atoms with Crippen molar-refractivity contribution < 1.29 is 14.3 Å². The van der Waals surface area contributed by atoms with Crippen molar-refractivity contribution in [1.82, 2.24) is 4.90 Å². The monoisotopic (exact) mass is 424 g/mol. The lowest BCUT2D eigenvalue weighted by Crippen LogP contribution is -2.45. The summed E-state index contributed by atoms with van der Waals surface area (Å²) >= 11 is 13.7. The van der Waals surface area contributed by atoms with E-state index in [-0.39, 0.29) is 12.0 Å². The van der Waals surface area contributed by atoms with Gasteiger partial charge in [-0.25, -0.2) is 9.59 Å². The second-order valence-corrected chi connectivity index (χ2v) is 7.78. The maximum Gasteiger partial charge on any atom is 0.329 e. The van der Waals surface area contributed by atoms with E-state index in [1.807, 2.05) is 18.2 Å². The Labute approximate surface area is 172 Å². The van der Waals surface area contributed by atoms with Crippen LogP contribution in [-0.2, 0) is 9.53 Å². The van der Waals surface area contributed by atoms with Crippen LogP contribution in [0.2, 0.25) is 10.0 Å². The van der Waals surface area contributed by atoms with Gasteiger partial charge < -0.3 is 10.1 Å². The Bertz CT molecular complexity index is 832.